The smallest absolute Gasteiger partial charge is 0.119 e. The van der Waals surface area contributed by atoms with E-state index in [0.29, 0.717) is 12.7 Å². The molecule has 0 fully saturated rings. The molecule has 1 aromatic rings. The fourth-order valence-corrected chi connectivity index (χ4v) is 3.75. The van der Waals surface area contributed by atoms with Gasteiger partial charge < -0.3 is 14.4 Å². The highest BCUT2D eigenvalue weighted by Gasteiger charge is 2.30. The summed E-state index contributed by atoms with van der Waals surface area (Å²) in [5.74, 6) is 0.945. The van der Waals surface area contributed by atoms with Gasteiger partial charge in [0.1, 0.15) is 5.75 Å². The lowest BCUT2D eigenvalue weighted by molar-refractivity contribution is -0.000842. The monoisotopic (exact) mass is 349 g/mol. The van der Waals surface area contributed by atoms with Crippen LogP contribution in [0.2, 0.25) is 0 Å². The van der Waals surface area contributed by atoms with Gasteiger partial charge in [0.2, 0.25) is 0 Å². The minimum absolute atomic E-state index is 0.188. The van der Waals surface area contributed by atoms with Gasteiger partial charge in [-0.15, -0.1) is 0 Å². The van der Waals surface area contributed by atoms with Crippen molar-refractivity contribution in [1.82, 2.24) is 4.90 Å². The molecule has 3 nitrogen and oxygen atoms in total. The Hall–Kier alpha value is -1.06. The Kier molecular flexibility index (Phi) is 8.43. The Morgan fingerprint density at radius 2 is 1.60 bits per heavy atom. The van der Waals surface area contributed by atoms with Crippen molar-refractivity contribution in [3.8, 4) is 5.75 Å². The van der Waals surface area contributed by atoms with Crippen molar-refractivity contribution >= 4 is 0 Å². The zero-order chi connectivity index (χ0) is 19.1. The Labute approximate surface area is 155 Å². The van der Waals surface area contributed by atoms with Crippen molar-refractivity contribution < 1.29 is 9.47 Å². The van der Waals surface area contributed by atoms with Gasteiger partial charge in [0.25, 0.3) is 0 Å². The Morgan fingerprint density at radius 1 is 1.00 bits per heavy atom. The first-order valence-corrected chi connectivity index (χ1v) is 9.55. The van der Waals surface area contributed by atoms with E-state index in [1.165, 1.54) is 5.56 Å². The molecule has 0 aliphatic carbocycles. The standard InChI is InChI=1S/C22H39NO2/c1-9-24-20-12-10-19(11-13-20)14-23(8)16-21(4,5)15-22(6,7)17-25-18(2)3/h10-13,18H,9,14-17H2,1-8H3. The minimum Gasteiger partial charge on any atom is -0.494 e. The average molecular weight is 350 g/mol. The number of ether oxygens (including phenoxy) is 2. The highest BCUT2D eigenvalue weighted by molar-refractivity contribution is 5.27. The molecule has 0 saturated heterocycles. The van der Waals surface area contributed by atoms with Crippen LogP contribution in [0.5, 0.6) is 5.75 Å². The van der Waals surface area contributed by atoms with E-state index >= 15 is 0 Å². The normalized spacial score (nSPS) is 12.9. The molecule has 0 N–H and O–H groups in total. The predicted molar refractivity (Wildman–Crippen MR) is 107 cm³/mol. The molecule has 144 valence electrons. The molecule has 1 aromatic carbocycles. The van der Waals surface area contributed by atoms with Gasteiger partial charge in [0.15, 0.2) is 0 Å². The van der Waals surface area contributed by atoms with E-state index in [-0.39, 0.29) is 10.8 Å². The van der Waals surface area contributed by atoms with E-state index in [2.05, 4.69) is 77.8 Å². The zero-order valence-electron chi connectivity index (χ0n) is 17.7. The molecule has 0 aliphatic heterocycles. The lowest BCUT2D eigenvalue weighted by atomic mass is 9.75. The number of benzene rings is 1. The molecule has 0 unspecified atom stereocenters. The summed E-state index contributed by atoms with van der Waals surface area (Å²) >= 11 is 0. The number of nitrogens with zero attached hydrogens (tertiary/aromatic N) is 1. The lowest BCUT2D eigenvalue weighted by Crippen LogP contribution is -2.36. The van der Waals surface area contributed by atoms with Gasteiger partial charge in [0, 0.05) is 13.1 Å². The van der Waals surface area contributed by atoms with Crippen molar-refractivity contribution in [2.24, 2.45) is 10.8 Å². The summed E-state index contributed by atoms with van der Waals surface area (Å²) in [4.78, 5) is 2.41. The summed E-state index contributed by atoms with van der Waals surface area (Å²) in [6, 6.07) is 8.44. The first-order chi connectivity index (χ1) is 11.5. The summed E-state index contributed by atoms with van der Waals surface area (Å²) in [6.07, 6.45) is 1.44. The van der Waals surface area contributed by atoms with Gasteiger partial charge in [-0.2, -0.15) is 0 Å². The molecule has 0 saturated carbocycles. The van der Waals surface area contributed by atoms with Crippen LogP contribution >= 0.6 is 0 Å². The van der Waals surface area contributed by atoms with Crippen LogP contribution in [-0.4, -0.2) is 37.8 Å². The minimum atomic E-state index is 0.188. The third kappa shape index (κ3) is 9.27. The van der Waals surface area contributed by atoms with Crippen LogP contribution in [0.25, 0.3) is 0 Å². The highest BCUT2D eigenvalue weighted by Crippen LogP contribution is 2.35. The number of hydrogen-bond acceptors (Lipinski definition) is 3. The maximum atomic E-state index is 5.86. The lowest BCUT2D eigenvalue weighted by Gasteiger charge is -2.37. The Bertz CT molecular complexity index is 491. The van der Waals surface area contributed by atoms with Crippen molar-refractivity contribution in [2.45, 2.75) is 67.5 Å². The average Bonchev–Trinajstić information content (AvgIpc) is 2.46. The molecule has 3 heteroatoms. The van der Waals surface area contributed by atoms with Gasteiger partial charge >= 0.3 is 0 Å². The molecule has 0 radical (unpaired) electrons. The van der Waals surface area contributed by atoms with E-state index in [4.69, 9.17) is 9.47 Å². The van der Waals surface area contributed by atoms with Gasteiger partial charge in [-0.25, -0.2) is 0 Å². The summed E-state index contributed by atoms with van der Waals surface area (Å²) in [5, 5.41) is 0. The van der Waals surface area contributed by atoms with Crippen molar-refractivity contribution in [1.29, 1.82) is 0 Å². The van der Waals surface area contributed by atoms with Crippen LogP contribution in [0.3, 0.4) is 0 Å². The first kappa shape index (κ1) is 22.0. The molecule has 0 spiro atoms. The largest absolute Gasteiger partial charge is 0.494 e. The van der Waals surface area contributed by atoms with Gasteiger partial charge in [-0.3, -0.25) is 0 Å². The molecule has 0 aliphatic rings. The van der Waals surface area contributed by atoms with Crippen LogP contribution in [0, 0.1) is 10.8 Å². The summed E-state index contributed by atoms with van der Waals surface area (Å²) < 4.78 is 11.4. The van der Waals surface area contributed by atoms with Crippen molar-refractivity contribution in [2.75, 3.05) is 26.8 Å². The Balaban J connectivity index is 2.54. The highest BCUT2D eigenvalue weighted by atomic mass is 16.5. The molecule has 0 atom stereocenters. The molecular formula is C22H39NO2. The van der Waals surface area contributed by atoms with E-state index in [1.807, 2.05) is 6.92 Å². The van der Waals surface area contributed by atoms with Gasteiger partial charge in [-0.1, -0.05) is 39.8 Å². The topological polar surface area (TPSA) is 21.7 Å². The second-order valence-electron chi connectivity index (χ2n) is 9.11. The van der Waals surface area contributed by atoms with E-state index in [1.54, 1.807) is 0 Å². The quantitative estimate of drug-likeness (QED) is 0.535. The Morgan fingerprint density at radius 3 is 2.12 bits per heavy atom. The molecule has 0 bridgehead atoms. The van der Waals surface area contributed by atoms with Crippen molar-refractivity contribution in [3.05, 3.63) is 29.8 Å². The van der Waals surface area contributed by atoms with Crippen molar-refractivity contribution in [3.63, 3.8) is 0 Å². The van der Waals surface area contributed by atoms with E-state index < -0.39 is 0 Å². The number of rotatable bonds is 11. The predicted octanol–water partition coefficient (Wildman–Crippen LogP) is 5.38. The molecular weight excluding hydrogens is 310 g/mol. The van der Waals surface area contributed by atoms with Crippen LogP contribution in [0.4, 0.5) is 0 Å². The molecule has 1 rings (SSSR count). The van der Waals surface area contributed by atoms with E-state index in [9.17, 15) is 0 Å². The summed E-state index contributed by atoms with van der Waals surface area (Å²) in [5.41, 5.74) is 1.75. The maximum Gasteiger partial charge on any atom is 0.119 e. The second kappa shape index (κ2) is 9.59. The SMILES string of the molecule is CCOc1ccc(CN(C)CC(C)(C)CC(C)(C)COC(C)C)cc1. The second-order valence-corrected chi connectivity index (χ2v) is 9.11. The molecule has 25 heavy (non-hydrogen) atoms. The van der Waals surface area contributed by atoms with Crippen LogP contribution < -0.4 is 4.74 Å². The summed E-state index contributed by atoms with van der Waals surface area (Å²) in [7, 11) is 2.20. The van der Waals surface area contributed by atoms with Crippen LogP contribution in [0.1, 0.15) is 60.5 Å². The maximum absolute atomic E-state index is 5.86. The fourth-order valence-electron chi connectivity index (χ4n) is 3.75. The van der Waals surface area contributed by atoms with Gasteiger partial charge in [-0.05, 0) is 62.8 Å². The molecule has 0 heterocycles. The third-order valence-electron chi connectivity index (χ3n) is 4.15. The third-order valence-corrected chi connectivity index (χ3v) is 4.15. The zero-order valence-corrected chi connectivity index (χ0v) is 17.7. The number of hydrogen-bond donors (Lipinski definition) is 0. The van der Waals surface area contributed by atoms with Crippen LogP contribution in [0.15, 0.2) is 24.3 Å². The first-order valence-electron chi connectivity index (χ1n) is 9.55. The van der Waals surface area contributed by atoms with Crippen LogP contribution in [-0.2, 0) is 11.3 Å². The molecule has 0 amide bonds. The summed E-state index contributed by atoms with van der Waals surface area (Å²) in [6.45, 7) is 19.1. The van der Waals surface area contributed by atoms with E-state index in [0.717, 1.165) is 31.9 Å². The van der Waals surface area contributed by atoms with Gasteiger partial charge in [0.05, 0.1) is 19.3 Å². The molecule has 0 aromatic heterocycles. The fraction of sp³-hybridized carbons (Fsp3) is 0.727.